The Kier molecular flexibility index (Phi) is 7.13. The smallest absolute Gasteiger partial charge is 0.378 e. The zero-order valence-corrected chi connectivity index (χ0v) is 20.9. The number of fused-ring (bicyclic) bond motifs is 1. The fourth-order valence-corrected chi connectivity index (χ4v) is 4.76. The van der Waals surface area contributed by atoms with E-state index in [4.69, 9.17) is 4.74 Å². The second-order valence-corrected chi connectivity index (χ2v) is 8.93. The monoisotopic (exact) mass is 546 g/mol. The molecular weight excluding hydrogens is 524 g/mol. The number of alkyl halides is 3. The van der Waals surface area contributed by atoms with Crippen molar-refractivity contribution in [2.45, 2.75) is 6.18 Å². The number of rotatable bonds is 6. The molecule has 8 nitrogen and oxygen atoms in total. The summed E-state index contributed by atoms with van der Waals surface area (Å²) in [6, 6.07) is 11.1. The predicted octanol–water partition coefficient (Wildman–Crippen LogP) is 5.44. The molecule has 0 unspecified atom stereocenters. The Bertz CT molecular complexity index is 1470. The minimum atomic E-state index is -4.77. The number of carbonyl (C=O) groups is 1. The molecule has 0 radical (unpaired) electrons. The van der Waals surface area contributed by atoms with E-state index in [1.54, 1.807) is 30.5 Å². The molecule has 3 aromatic heterocycles. The van der Waals surface area contributed by atoms with E-state index in [1.807, 2.05) is 0 Å². The highest BCUT2D eigenvalue weighted by molar-refractivity contribution is 7.93. The van der Waals surface area contributed by atoms with Crippen molar-refractivity contribution in [1.29, 1.82) is 0 Å². The van der Waals surface area contributed by atoms with Crippen LogP contribution in [0.1, 0.15) is 15.9 Å². The Morgan fingerprint density at radius 3 is 2.50 bits per heavy atom. The number of nitrogens with zero attached hydrogens (tertiary/aromatic N) is 4. The Morgan fingerprint density at radius 2 is 1.84 bits per heavy atom. The van der Waals surface area contributed by atoms with Crippen molar-refractivity contribution in [1.82, 2.24) is 19.3 Å². The van der Waals surface area contributed by atoms with Crippen LogP contribution in [0.4, 0.5) is 34.2 Å². The zero-order valence-electron chi connectivity index (χ0n) is 20.1. The SMILES string of the molecule is CNC(=O)c1ccccc1Nc1c(C(F)(F)F)cnc2c1cc(-c1ccc(N3CCOCC3)nc1)n2SF. The minimum absolute atomic E-state index is 0.0160. The number of benzene rings is 1. The maximum Gasteiger partial charge on any atom is 0.419 e. The van der Waals surface area contributed by atoms with Crippen molar-refractivity contribution >= 4 is 46.5 Å². The van der Waals surface area contributed by atoms with Crippen LogP contribution in [0, 0.1) is 0 Å². The summed E-state index contributed by atoms with van der Waals surface area (Å²) in [6.07, 6.45) is -2.56. The van der Waals surface area contributed by atoms with Gasteiger partial charge in [0, 0.05) is 43.5 Å². The van der Waals surface area contributed by atoms with E-state index in [1.165, 1.54) is 25.2 Å². The van der Waals surface area contributed by atoms with Crippen LogP contribution >= 0.6 is 12.3 Å². The summed E-state index contributed by atoms with van der Waals surface area (Å²) in [5.74, 6) is 0.245. The van der Waals surface area contributed by atoms with Gasteiger partial charge in [-0.15, -0.1) is 3.89 Å². The number of pyridine rings is 2. The molecule has 13 heteroatoms. The van der Waals surface area contributed by atoms with E-state index in [0.29, 0.717) is 38.1 Å². The number of anilines is 3. The molecule has 0 saturated carbocycles. The average molecular weight is 547 g/mol. The third kappa shape index (κ3) is 4.86. The first-order chi connectivity index (χ1) is 18.3. The van der Waals surface area contributed by atoms with Gasteiger partial charge in [-0.1, -0.05) is 12.1 Å². The molecule has 5 rings (SSSR count). The van der Waals surface area contributed by atoms with Crippen LogP contribution in [0.5, 0.6) is 0 Å². The number of hydrogen-bond donors (Lipinski definition) is 2. The van der Waals surface area contributed by atoms with Crippen molar-refractivity contribution in [2.24, 2.45) is 0 Å². The van der Waals surface area contributed by atoms with Gasteiger partial charge < -0.3 is 20.3 Å². The molecule has 1 amide bonds. The van der Waals surface area contributed by atoms with Gasteiger partial charge >= 0.3 is 6.18 Å². The van der Waals surface area contributed by atoms with Gasteiger partial charge in [0.25, 0.3) is 5.91 Å². The molecule has 4 aromatic rings. The lowest BCUT2D eigenvalue weighted by atomic mass is 10.1. The van der Waals surface area contributed by atoms with Crippen molar-refractivity contribution in [3.8, 4) is 11.3 Å². The van der Waals surface area contributed by atoms with Gasteiger partial charge in [0.2, 0.25) is 0 Å². The number of carbonyl (C=O) groups excluding carboxylic acids is 1. The second-order valence-electron chi connectivity index (χ2n) is 8.43. The highest BCUT2D eigenvalue weighted by Gasteiger charge is 2.36. The molecule has 4 heterocycles. The van der Waals surface area contributed by atoms with E-state index >= 15 is 0 Å². The predicted molar refractivity (Wildman–Crippen MR) is 138 cm³/mol. The van der Waals surface area contributed by atoms with Gasteiger partial charge in [-0.05, 0) is 30.3 Å². The molecule has 0 aliphatic carbocycles. The molecule has 198 valence electrons. The lowest BCUT2D eigenvalue weighted by molar-refractivity contribution is -0.137. The summed E-state index contributed by atoms with van der Waals surface area (Å²) in [4.78, 5) is 22.8. The number of para-hydroxylation sites is 1. The summed E-state index contributed by atoms with van der Waals surface area (Å²) in [5.41, 5.74) is -0.328. The van der Waals surface area contributed by atoms with Crippen molar-refractivity contribution in [2.75, 3.05) is 43.6 Å². The first kappa shape index (κ1) is 25.8. The fourth-order valence-electron chi connectivity index (χ4n) is 4.32. The van der Waals surface area contributed by atoms with Crippen LogP contribution in [0.2, 0.25) is 0 Å². The molecule has 0 atom stereocenters. The van der Waals surface area contributed by atoms with Crippen LogP contribution in [-0.4, -0.2) is 53.2 Å². The topological polar surface area (TPSA) is 84.3 Å². The van der Waals surface area contributed by atoms with Crippen LogP contribution in [-0.2, 0) is 10.9 Å². The summed E-state index contributed by atoms with van der Waals surface area (Å²) in [7, 11) is 1.42. The highest BCUT2D eigenvalue weighted by atomic mass is 32.2. The molecule has 0 spiro atoms. The first-order valence-corrected chi connectivity index (χ1v) is 12.3. The molecular formula is C25H22F4N6O2S. The quantitative estimate of drug-likeness (QED) is 0.312. The summed E-state index contributed by atoms with van der Waals surface area (Å²) >= 11 is -0.175. The minimum Gasteiger partial charge on any atom is -0.378 e. The van der Waals surface area contributed by atoms with Gasteiger partial charge in [0.1, 0.15) is 5.82 Å². The van der Waals surface area contributed by atoms with Gasteiger partial charge in [-0.3, -0.25) is 4.79 Å². The Morgan fingerprint density at radius 1 is 1.08 bits per heavy atom. The number of morpholine rings is 1. The zero-order chi connectivity index (χ0) is 26.9. The summed E-state index contributed by atoms with van der Waals surface area (Å²) in [5, 5.41) is 5.28. The number of hydrogen-bond acceptors (Lipinski definition) is 7. The lowest BCUT2D eigenvalue weighted by Gasteiger charge is -2.27. The van der Waals surface area contributed by atoms with Crippen molar-refractivity contribution < 1.29 is 26.6 Å². The van der Waals surface area contributed by atoms with E-state index < -0.39 is 17.6 Å². The van der Waals surface area contributed by atoms with Gasteiger partial charge in [0.05, 0.1) is 41.4 Å². The van der Waals surface area contributed by atoms with Gasteiger partial charge in [-0.2, -0.15) is 13.2 Å². The maximum absolute atomic E-state index is 14.2. The molecule has 38 heavy (non-hydrogen) atoms. The highest BCUT2D eigenvalue weighted by Crippen LogP contribution is 2.43. The third-order valence-electron chi connectivity index (χ3n) is 6.20. The van der Waals surface area contributed by atoms with Crippen LogP contribution in [0.15, 0.2) is 54.9 Å². The summed E-state index contributed by atoms with van der Waals surface area (Å²) < 4.78 is 62.9. The molecule has 1 saturated heterocycles. The van der Waals surface area contributed by atoms with Crippen molar-refractivity contribution in [3.63, 3.8) is 0 Å². The standard InChI is InChI=1S/C25H22F4N6O2S/c1-30-24(36)16-4-2-3-5-19(16)33-22-17-12-20(35(38-29)23(17)32-14-18(22)25(26,27)28)15-6-7-21(31-13-15)34-8-10-37-11-9-34/h2-7,12-14H,8-11H2,1H3,(H,30,36)(H,32,33). The van der Waals surface area contributed by atoms with E-state index in [-0.39, 0.29) is 46.0 Å². The largest absolute Gasteiger partial charge is 0.419 e. The number of ether oxygens (including phenoxy) is 1. The molecule has 1 aromatic carbocycles. The Balaban J connectivity index is 1.63. The van der Waals surface area contributed by atoms with Crippen LogP contribution in [0.25, 0.3) is 22.3 Å². The summed E-state index contributed by atoms with van der Waals surface area (Å²) in [6.45, 7) is 2.54. The molecule has 2 N–H and O–H groups in total. The molecule has 1 fully saturated rings. The average Bonchev–Trinajstić information content (AvgIpc) is 3.32. The van der Waals surface area contributed by atoms with Gasteiger partial charge in [0.15, 0.2) is 18.0 Å². The van der Waals surface area contributed by atoms with E-state index in [9.17, 15) is 21.9 Å². The fraction of sp³-hybridized carbons (Fsp3) is 0.240. The van der Waals surface area contributed by atoms with Crippen LogP contribution < -0.4 is 15.5 Å². The van der Waals surface area contributed by atoms with Crippen molar-refractivity contribution in [3.05, 3.63) is 66.0 Å². The third-order valence-corrected chi connectivity index (χ3v) is 6.71. The second kappa shape index (κ2) is 10.5. The first-order valence-electron chi connectivity index (χ1n) is 11.6. The normalized spacial score (nSPS) is 14.1. The van der Waals surface area contributed by atoms with Crippen LogP contribution in [0.3, 0.4) is 0 Å². The van der Waals surface area contributed by atoms with Gasteiger partial charge in [-0.25, -0.2) is 13.9 Å². The van der Waals surface area contributed by atoms with E-state index in [0.717, 1.165) is 9.79 Å². The number of aromatic nitrogens is 3. The van der Waals surface area contributed by atoms with E-state index in [2.05, 4.69) is 25.5 Å². The molecule has 1 aliphatic rings. The molecule has 1 aliphatic heterocycles. The maximum atomic E-state index is 14.2. The molecule has 0 bridgehead atoms. The Hall–Kier alpha value is -3.84. The Labute approximate surface area is 219 Å². The number of nitrogens with one attached hydrogen (secondary N) is 2. The lowest BCUT2D eigenvalue weighted by Crippen LogP contribution is -2.36. The number of amides is 1. The number of halogens is 4.